The fourth-order valence-corrected chi connectivity index (χ4v) is 2.17. The Hall–Kier alpha value is -1.61. The average molecular weight is 217 g/mol. The number of nitrogens with one attached hydrogen (secondary N) is 1. The minimum Gasteiger partial charge on any atom is -0.289 e. The van der Waals surface area contributed by atoms with Crippen molar-refractivity contribution in [1.82, 2.24) is 5.48 Å². The van der Waals surface area contributed by atoms with Crippen LogP contribution in [0.4, 0.5) is 0 Å². The van der Waals surface area contributed by atoms with Crippen molar-refractivity contribution in [1.29, 1.82) is 0 Å². The van der Waals surface area contributed by atoms with E-state index in [4.69, 9.17) is 5.21 Å². The lowest BCUT2D eigenvalue weighted by atomic mass is 10.0. The number of hydrogen-bond acceptors (Lipinski definition) is 2. The zero-order chi connectivity index (χ0) is 11.5. The average Bonchev–Trinajstić information content (AvgIpc) is 2.78. The lowest BCUT2D eigenvalue weighted by molar-refractivity contribution is -0.131. The van der Waals surface area contributed by atoms with Crippen LogP contribution in [0.15, 0.2) is 30.3 Å². The highest BCUT2D eigenvalue weighted by Crippen LogP contribution is 2.32. The maximum atomic E-state index is 11.3. The second-order valence-electron chi connectivity index (χ2n) is 4.13. The molecule has 1 aliphatic rings. The second-order valence-corrected chi connectivity index (χ2v) is 4.13. The van der Waals surface area contributed by atoms with E-state index in [1.165, 1.54) is 16.7 Å². The Morgan fingerprint density at radius 2 is 2.19 bits per heavy atom. The quantitative estimate of drug-likeness (QED) is 0.590. The molecule has 0 fully saturated rings. The SMILES string of the molecule is Cc1ccccc1C1=CC(C(=O)NO)CC1. The van der Waals surface area contributed by atoms with E-state index >= 15 is 0 Å². The van der Waals surface area contributed by atoms with Crippen molar-refractivity contribution in [2.24, 2.45) is 5.92 Å². The molecule has 0 aromatic heterocycles. The summed E-state index contributed by atoms with van der Waals surface area (Å²) in [5.74, 6) is -0.511. The Balaban J connectivity index is 2.25. The van der Waals surface area contributed by atoms with E-state index in [0.29, 0.717) is 0 Å². The lowest BCUT2D eigenvalue weighted by Gasteiger charge is -2.05. The Kier molecular flexibility index (Phi) is 3.06. The summed E-state index contributed by atoms with van der Waals surface area (Å²) >= 11 is 0. The fourth-order valence-electron chi connectivity index (χ4n) is 2.17. The van der Waals surface area contributed by atoms with Gasteiger partial charge < -0.3 is 0 Å². The van der Waals surface area contributed by atoms with Crippen molar-refractivity contribution in [3.8, 4) is 0 Å². The summed E-state index contributed by atoms with van der Waals surface area (Å²) in [5, 5.41) is 8.58. The molecule has 1 aromatic rings. The summed E-state index contributed by atoms with van der Waals surface area (Å²) in [6.07, 6.45) is 3.62. The minimum absolute atomic E-state index is 0.195. The molecule has 0 heterocycles. The van der Waals surface area contributed by atoms with Gasteiger partial charge in [-0.05, 0) is 36.5 Å². The van der Waals surface area contributed by atoms with Crippen LogP contribution in [0.3, 0.4) is 0 Å². The predicted octanol–water partition coefficient (Wildman–Crippen LogP) is 2.29. The first-order chi connectivity index (χ1) is 7.72. The van der Waals surface area contributed by atoms with E-state index in [1.807, 2.05) is 18.2 Å². The monoisotopic (exact) mass is 217 g/mol. The van der Waals surface area contributed by atoms with E-state index in [0.717, 1.165) is 12.8 Å². The number of carbonyl (C=O) groups is 1. The topological polar surface area (TPSA) is 49.3 Å². The molecular weight excluding hydrogens is 202 g/mol. The highest BCUT2D eigenvalue weighted by molar-refractivity contribution is 5.84. The number of aryl methyl sites for hydroxylation is 1. The predicted molar refractivity (Wildman–Crippen MR) is 61.8 cm³/mol. The summed E-state index contributed by atoms with van der Waals surface area (Å²) in [4.78, 5) is 11.3. The van der Waals surface area contributed by atoms with Crippen molar-refractivity contribution in [2.75, 3.05) is 0 Å². The van der Waals surface area contributed by atoms with Gasteiger partial charge in [0, 0.05) is 0 Å². The molecule has 1 aliphatic carbocycles. The molecule has 0 saturated heterocycles. The van der Waals surface area contributed by atoms with Crippen LogP contribution in [0.2, 0.25) is 0 Å². The molecule has 3 heteroatoms. The summed E-state index contributed by atoms with van der Waals surface area (Å²) in [5.41, 5.74) is 5.34. The minimum atomic E-state index is -0.316. The Bertz CT molecular complexity index is 437. The highest BCUT2D eigenvalue weighted by atomic mass is 16.5. The maximum Gasteiger partial charge on any atom is 0.250 e. The molecule has 1 aromatic carbocycles. The van der Waals surface area contributed by atoms with Crippen molar-refractivity contribution in [3.63, 3.8) is 0 Å². The van der Waals surface area contributed by atoms with Gasteiger partial charge >= 0.3 is 0 Å². The van der Waals surface area contributed by atoms with Crippen LogP contribution in [0.25, 0.3) is 5.57 Å². The molecule has 0 radical (unpaired) electrons. The first-order valence-electron chi connectivity index (χ1n) is 5.43. The van der Waals surface area contributed by atoms with Crippen LogP contribution in [-0.4, -0.2) is 11.1 Å². The normalized spacial score (nSPS) is 19.4. The molecule has 84 valence electrons. The molecule has 1 atom stereocenters. The first-order valence-corrected chi connectivity index (χ1v) is 5.43. The maximum absolute atomic E-state index is 11.3. The van der Waals surface area contributed by atoms with Gasteiger partial charge in [0.05, 0.1) is 5.92 Å². The molecular formula is C13H15NO2. The lowest BCUT2D eigenvalue weighted by Crippen LogP contribution is -2.25. The van der Waals surface area contributed by atoms with Crippen molar-refractivity contribution >= 4 is 11.5 Å². The molecule has 3 nitrogen and oxygen atoms in total. The van der Waals surface area contributed by atoms with Gasteiger partial charge in [-0.25, -0.2) is 5.48 Å². The third-order valence-electron chi connectivity index (χ3n) is 3.07. The molecule has 16 heavy (non-hydrogen) atoms. The third kappa shape index (κ3) is 1.99. The van der Waals surface area contributed by atoms with Crippen LogP contribution >= 0.6 is 0 Å². The Morgan fingerprint density at radius 1 is 1.44 bits per heavy atom. The van der Waals surface area contributed by atoms with Gasteiger partial charge in [0.2, 0.25) is 5.91 Å². The number of allylic oxidation sites excluding steroid dienone is 1. The smallest absolute Gasteiger partial charge is 0.250 e. The first kappa shape index (κ1) is 10.9. The van der Waals surface area contributed by atoms with E-state index < -0.39 is 0 Å². The molecule has 0 spiro atoms. The standard InChI is InChI=1S/C13H15NO2/c1-9-4-2-3-5-12(9)10-6-7-11(8-10)13(15)14-16/h2-5,8,11,16H,6-7H2,1H3,(H,14,15). The van der Waals surface area contributed by atoms with E-state index in [2.05, 4.69) is 19.1 Å². The number of hydroxylamine groups is 1. The Morgan fingerprint density at radius 3 is 2.88 bits per heavy atom. The van der Waals surface area contributed by atoms with Crippen molar-refractivity contribution < 1.29 is 10.0 Å². The van der Waals surface area contributed by atoms with E-state index in [-0.39, 0.29) is 11.8 Å². The molecule has 1 unspecified atom stereocenters. The summed E-state index contributed by atoms with van der Waals surface area (Å²) in [6, 6.07) is 8.14. The van der Waals surface area contributed by atoms with Crippen molar-refractivity contribution in [2.45, 2.75) is 19.8 Å². The number of rotatable bonds is 2. The van der Waals surface area contributed by atoms with Crippen LogP contribution in [0.1, 0.15) is 24.0 Å². The largest absolute Gasteiger partial charge is 0.289 e. The molecule has 0 bridgehead atoms. The van der Waals surface area contributed by atoms with Crippen LogP contribution in [-0.2, 0) is 4.79 Å². The highest BCUT2D eigenvalue weighted by Gasteiger charge is 2.23. The number of benzene rings is 1. The fraction of sp³-hybridized carbons (Fsp3) is 0.308. The number of amides is 1. The van der Waals surface area contributed by atoms with Gasteiger partial charge in [0.1, 0.15) is 0 Å². The summed E-state index contributed by atoms with van der Waals surface area (Å²) in [7, 11) is 0. The third-order valence-corrected chi connectivity index (χ3v) is 3.07. The van der Waals surface area contributed by atoms with Gasteiger partial charge in [0.15, 0.2) is 0 Å². The van der Waals surface area contributed by atoms with Gasteiger partial charge in [-0.1, -0.05) is 30.3 Å². The molecule has 2 rings (SSSR count). The molecule has 2 N–H and O–H groups in total. The van der Waals surface area contributed by atoms with Crippen molar-refractivity contribution in [3.05, 3.63) is 41.5 Å². The van der Waals surface area contributed by atoms with E-state index in [9.17, 15) is 4.79 Å². The van der Waals surface area contributed by atoms with Crippen LogP contribution in [0, 0.1) is 12.8 Å². The summed E-state index contributed by atoms with van der Waals surface area (Å²) < 4.78 is 0. The van der Waals surface area contributed by atoms with Gasteiger partial charge in [-0.3, -0.25) is 10.0 Å². The number of carbonyl (C=O) groups excluding carboxylic acids is 1. The summed E-state index contributed by atoms with van der Waals surface area (Å²) in [6.45, 7) is 2.07. The van der Waals surface area contributed by atoms with Gasteiger partial charge in [0.25, 0.3) is 0 Å². The van der Waals surface area contributed by atoms with Gasteiger partial charge in [-0.15, -0.1) is 0 Å². The second kappa shape index (κ2) is 4.49. The van der Waals surface area contributed by atoms with Gasteiger partial charge in [-0.2, -0.15) is 0 Å². The van der Waals surface area contributed by atoms with Crippen LogP contribution < -0.4 is 5.48 Å². The van der Waals surface area contributed by atoms with E-state index in [1.54, 1.807) is 5.48 Å². The zero-order valence-corrected chi connectivity index (χ0v) is 9.23. The molecule has 0 aliphatic heterocycles. The Labute approximate surface area is 94.8 Å². The van der Waals surface area contributed by atoms with Crippen LogP contribution in [0.5, 0.6) is 0 Å². The zero-order valence-electron chi connectivity index (χ0n) is 9.23. The molecule has 0 saturated carbocycles. The molecule has 1 amide bonds. The number of hydrogen-bond donors (Lipinski definition) is 2.